The number of carbonyl (C=O) groups excluding carboxylic acids is 1. The first kappa shape index (κ1) is 13.6. The first-order valence-electron chi connectivity index (χ1n) is 5.00. The lowest BCUT2D eigenvalue weighted by Crippen LogP contribution is -1.97. The third-order valence-corrected chi connectivity index (χ3v) is 2.08. The van der Waals surface area contributed by atoms with Crippen LogP contribution >= 0.6 is 0 Å². The summed E-state index contributed by atoms with van der Waals surface area (Å²) in [6, 6.07) is 1.32. The molecule has 0 fully saturated rings. The summed E-state index contributed by atoms with van der Waals surface area (Å²) in [7, 11) is 2.69. The van der Waals surface area contributed by atoms with Gasteiger partial charge in [0, 0.05) is 11.6 Å². The number of hydrogen-bond donors (Lipinski definition) is 0. The standard InChI is InChI=1S/C11H12N2O5/c1-17-10(14)5-3-4-8-6-9(13(15)16)7-12-11(8)18-2/h3-4,6-7H,5H2,1-2H3. The maximum atomic E-state index is 10.9. The van der Waals surface area contributed by atoms with Crippen molar-refractivity contribution in [2.45, 2.75) is 6.42 Å². The third-order valence-electron chi connectivity index (χ3n) is 2.08. The maximum absolute atomic E-state index is 10.9. The number of pyridine rings is 1. The molecule has 0 aromatic carbocycles. The average molecular weight is 252 g/mol. The van der Waals surface area contributed by atoms with Crippen LogP contribution in [0.3, 0.4) is 0 Å². The number of carbonyl (C=O) groups is 1. The third kappa shape index (κ3) is 3.55. The zero-order valence-electron chi connectivity index (χ0n) is 9.95. The Bertz CT molecular complexity index is 484. The fraction of sp³-hybridized carbons (Fsp3) is 0.273. The van der Waals surface area contributed by atoms with E-state index in [2.05, 4.69) is 9.72 Å². The predicted octanol–water partition coefficient (Wildman–Crippen LogP) is 1.57. The van der Waals surface area contributed by atoms with Gasteiger partial charge in [-0.05, 0) is 0 Å². The van der Waals surface area contributed by atoms with Gasteiger partial charge in [0.25, 0.3) is 5.69 Å². The van der Waals surface area contributed by atoms with E-state index in [1.165, 1.54) is 32.4 Å². The highest BCUT2D eigenvalue weighted by atomic mass is 16.6. The predicted molar refractivity (Wildman–Crippen MR) is 63.1 cm³/mol. The van der Waals surface area contributed by atoms with Crippen LogP contribution in [-0.2, 0) is 9.53 Å². The van der Waals surface area contributed by atoms with Gasteiger partial charge in [0.05, 0.1) is 25.6 Å². The number of esters is 1. The summed E-state index contributed by atoms with van der Waals surface area (Å²) in [5.41, 5.74) is 0.282. The van der Waals surface area contributed by atoms with Gasteiger partial charge in [-0.1, -0.05) is 12.2 Å². The molecular formula is C11H12N2O5. The number of nitro groups is 1. The molecule has 1 rings (SSSR count). The van der Waals surface area contributed by atoms with E-state index in [1.807, 2.05) is 0 Å². The van der Waals surface area contributed by atoms with Crippen LogP contribution in [0.2, 0.25) is 0 Å². The molecule has 0 spiro atoms. The zero-order chi connectivity index (χ0) is 13.5. The average Bonchev–Trinajstić information content (AvgIpc) is 2.38. The maximum Gasteiger partial charge on any atom is 0.309 e. The molecule has 0 radical (unpaired) electrons. The van der Waals surface area contributed by atoms with Crippen molar-refractivity contribution in [3.05, 3.63) is 34.0 Å². The second-order valence-corrected chi connectivity index (χ2v) is 3.23. The highest BCUT2D eigenvalue weighted by molar-refractivity contribution is 5.73. The molecule has 0 aliphatic heterocycles. The number of hydrogen-bond acceptors (Lipinski definition) is 6. The Kier molecular flexibility index (Phi) is 4.79. The van der Waals surface area contributed by atoms with E-state index < -0.39 is 10.9 Å². The first-order valence-corrected chi connectivity index (χ1v) is 5.00. The lowest BCUT2D eigenvalue weighted by molar-refractivity contribution is -0.385. The van der Waals surface area contributed by atoms with Crippen molar-refractivity contribution in [1.29, 1.82) is 0 Å². The van der Waals surface area contributed by atoms with Crippen LogP contribution in [-0.4, -0.2) is 30.1 Å². The number of rotatable bonds is 5. The van der Waals surface area contributed by atoms with Crippen LogP contribution < -0.4 is 4.74 Å². The minimum absolute atomic E-state index is 0.0718. The normalized spacial score (nSPS) is 10.3. The molecule has 0 aliphatic carbocycles. The van der Waals surface area contributed by atoms with Crippen molar-refractivity contribution in [2.75, 3.05) is 14.2 Å². The Morgan fingerprint density at radius 2 is 2.28 bits per heavy atom. The Hall–Kier alpha value is -2.44. The number of aromatic nitrogens is 1. The van der Waals surface area contributed by atoms with Crippen LogP contribution in [0.15, 0.2) is 18.3 Å². The Morgan fingerprint density at radius 1 is 1.56 bits per heavy atom. The van der Waals surface area contributed by atoms with Crippen molar-refractivity contribution in [1.82, 2.24) is 4.98 Å². The van der Waals surface area contributed by atoms with Crippen LogP contribution in [0.25, 0.3) is 6.08 Å². The highest BCUT2D eigenvalue weighted by Crippen LogP contribution is 2.22. The molecule has 0 saturated carbocycles. The molecule has 1 aromatic heterocycles. The van der Waals surface area contributed by atoms with Crippen LogP contribution in [0.1, 0.15) is 12.0 Å². The fourth-order valence-electron chi connectivity index (χ4n) is 1.21. The van der Waals surface area contributed by atoms with Gasteiger partial charge >= 0.3 is 5.97 Å². The van der Waals surface area contributed by atoms with Crippen LogP contribution in [0, 0.1) is 10.1 Å². The molecule has 96 valence electrons. The van der Waals surface area contributed by atoms with Crippen molar-refractivity contribution in [3.8, 4) is 5.88 Å². The van der Waals surface area contributed by atoms with Gasteiger partial charge in [-0.2, -0.15) is 0 Å². The van der Waals surface area contributed by atoms with Crippen molar-refractivity contribution >= 4 is 17.7 Å². The minimum Gasteiger partial charge on any atom is -0.481 e. The van der Waals surface area contributed by atoms with Gasteiger partial charge in [-0.3, -0.25) is 14.9 Å². The van der Waals surface area contributed by atoms with E-state index in [4.69, 9.17) is 4.74 Å². The van der Waals surface area contributed by atoms with E-state index in [0.29, 0.717) is 5.56 Å². The van der Waals surface area contributed by atoms with E-state index in [-0.39, 0.29) is 18.0 Å². The molecule has 0 N–H and O–H groups in total. The van der Waals surface area contributed by atoms with Gasteiger partial charge in [0.15, 0.2) is 0 Å². The topological polar surface area (TPSA) is 91.6 Å². The van der Waals surface area contributed by atoms with Gasteiger partial charge in [0.1, 0.15) is 6.20 Å². The first-order chi connectivity index (χ1) is 8.58. The largest absolute Gasteiger partial charge is 0.481 e. The van der Waals surface area contributed by atoms with E-state index in [0.717, 1.165) is 6.20 Å². The molecule has 0 aliphatic rings. The second-order valence-electron chi connectivity index (χ2n) is 3.23. The smallest absolute Gasteiger partial charge is 0.309 e. The summed E-state index contributed by atoms with van der Waals surface area (Å²) in [5, 5.41) is 10.6. The van der Waals surface area contributed by atoms with Crippen molar-refractivity contribution < 1.29 is 19.2 Å². The molecule has 0 saturated heterocycles. The lowest BCUT2D eigenvalue weighted by Gasteiger charge is -2.02. The summed E-state index contributed by atoms with van der Waals surface area (Å²) < 4.78 is 9.42. The Morgan fingerprint density at radius 3 is 2.83 bits per heavy atom. The summed E-state index contributed by atoms with van der Waals surface area (Å²) in [4.78, 5) is 24.8. The van der Waals surface area contributed by atoms with E-state index in [9.17, 15) is 14.9 Å². The molecule has 1 heterocycles. The van der Waals surface area contributed by atoms with E-state index in [1.54, 1.807) is 0 Å². The number of methoxy groups -OCH3 is 2. The molecule has 7 nitrogen and oxygen atoms in total. The van der Waals surface area contributed by atoms with Gasteiger partial charge in [-0.15, -0.1) is 0 Å². The minimum atomic E-state index is -0.552. The Labute approximate surface area is 103 Å². The highest BCUT2D eigenvalue weighted by Gasteiger charge is 2.10. The molecule has 0 unspecified atom stereocenters. The molecule has 1 aromatic rings. The summed E-state index contributed by atoms with van der Waals surface area (Å²) in [6.07, 6.45) is 4.23. The van der Waals surface area contributed by atoms with Gasteiger partial charge < -0.3 is 9.47 Å². The SMILES string of the molecule is COC(=O)CC=Cc1cc([N+](=O)[O-])cnc1OC. The molecular weight excluding hydrogens is 240 g/mol. The zero-order valence-corrected chi connectivity index (χ0v) is 9.95. The fourth-order valence-corrected chi connectivity index (χ4v) is 1.21. The quantitative estimate of drug-likeness (QED) is 0.448. The summed E-state index contributed by atoms with van der Waals surface area (Å²) in [5.74, 6) is -0.148. The van der Waals surface area contributed by atoms with Gasteiger partial charge in [-0.25, -0.2) is 4.98 Å². The lowest BCUT2D eigenvalue weighted by atomic mass is 10.2. The summed E-state index contributed by atoms with van der Waals surface area (Å²) in [6.45, 7) is 0. The summed E-state index contributed by atoms with van der Waals surface area (Å²) >= 11 is 0. The molecule has 7 heteroatoms. The monoisotopic (exact) mass is 252 g/mol. The van der Waals surface area contributed by atoms with Crippen molar-refractivity contribution in [2.24, 2.45) is 0 Å². The molecule has 18 heavy (non-hydrogen) atoms. The van der Waals surface area contributed by atoms with Crippen LogP contribution in [0.4, 0.5) is 5.69 Å². The van der Waals surface area contributed by atoms with Crippen molar-refractivity contribution in [3.63, 3.8) is 0 Å². The van der Waals surface area contributed by atoms with Gasteiger partial charge in [0.2, 0.25) is 5.88 Å². The second kappa shape index (κ2) is 6.33. The van der Waals surface area contributed by atoms with Crippen LogP contribution in [0.5, 0.6) is 5.88 Å². The molecule has 0 atom stereocenters. The van der Waals surface area contributed by atoms with E-state index >= 15 is 0 Å². The molecule has 0 bridgehead atoms. The number of nitrogens with zero attached hydrogens (tertiary/aromatic N) is 2. The molecule has 0 amide bonds. The number of ether oxygens (including phenoxy) is 2. The Balaban J connectivity index is 2.94.